The Kier molecular flexibility index (Phi) is 5.35. The summed E-state index contributed by atoms with van der Waals surface area (Å²) >= 11 is 10.2. The number of rotatable bonds is 5. The topological polar surface area (TPSA) is 18.5 Å². The van der Waals surface area contributed by atoms with Crippen molar-refractivity contribution >= 4 is 27.5 Å². The van der Waals surface area contributed by atoms with Gasteiger partial charge in [0, 0.05) is 4.47 Å². The number of benzene rings is 1. The van der Waals surface area contributed by atoms with E-state index in [1.165, 1.54) is 0 Å². The number of methoxy groups -OCH3 is 2. The fourth-order valence-electron chi connectivity index (χ4n) is 1.66. The molecule has 18 heavy (non-hydrogen) atoms. The van der Waals surface area contributed by atoms with E-state index in [4.69, 9.17) is 21.1 Å². The van der Waals surface area contributed by atoms with Gasteiger partial charge >= 0.3 is 0 Å². The molecule has 0 amide bonds. The molecule has 0 N–H and O–H groups in total. The minimum Gasteiger partial charge on any atom is -0.493 e. The third kappa shape index (κ3) is 3.12. The van der Waals surface area contributed by atoms with Gasteiger partial charge in [-0.25, -0.2) is 0 Å². The van der Waals surface area contributed by atoms with Crippen LogP contribution in [0.1, 0.15) is 38.1 Å². The zero-order valence-electron chi connectivity index (χ0n) is 11.5. The average Bonchev–Trinajstić information content (AvgIpc) is 2.37. The van der Waals surface area contributed by atoms with Gasteiger partial charge in [0.15, 0.2) is 11.5 Å². The molecule has 0 aliphatic heterocycles. The second-order valence-corrected chi connectivity index (χ2v) is 6.22. The van der Waals surface area contributed by atoms with Gasteiger partial charge in [0.2, 0.25) is 0 Å². The monoisotopic (exact) mass is 334 g/mol. The van der Waals surface area contributed by atoms with Crippen LogP contribution in [0.2, 0.25) is 0 Å². The Bertz CT molecular complexity index is 419. The molecule has 0 saturated carbocycles. The first-order valence-corrected chi connectivity index (χ1v) is 7.15. The fourth-order valence-corrected chi connectivity index (χ4v) is 2.68. The van der Waals surface area contributed by atoms with Gasteiger partial charge in [-0.05, 0) is 29.5 Å². The van der Waals surface area contributed by atoms with Crippen molar-refractivity contribution < 1.29 is 9.47 Å². The maximum atomic E-state index is 6.60. The number of hydrogen-bond donors (Lipinski definition) is 0. The first-order valence-electron chi connectivity index (χ1n) is 5.92. The van der Waals surface area contributed by atoms with E-state index in [1.807, 2.05) is 12.1 Å². The summed E-state index contributed by atoms with van der Waals surface area (Å²) < 4.78 is 11.5. The van der Waals surface area contributed by atoms with Gasteiger partial charge in [-0.15, -0.1) is 11.6 Å². The molecule has 1 aromatic rings. The molecular formula is C14H20BrClO2. The van der Waals surface area contributed by atoms with Gasteiger partial charge < -0.3 is 9.47 Å². The first kappa shape index (κ1) is 15.6. The Hall–Kier alpha value is -0.410. The van der Waals surface area contributed by atoms with Gasteiger partial charge in [0.25, 0.3) is 0 Å². The van der Waals surface area contributed by atoms with Crippen LogP contribution in [-0.2, 0) is 0 Å². The van der Waals surface area contributed by atoms with E-state index in [0.717, 1.165) is 16.5 Å². The molecule has 0 fully saturated rings. The van der Waals surface area contributed by atoms with E-state index in [0.29, 0.717) is 11.5 Å². The summed E-state index contributed by atoms with van der Waals surface area (Å²) in [6.45, 7) is 6.46. The summed E-state index contributed by atoms with van der Waals surface area (Å²) in [7, 11) is 3.25. The average molecular weight is 336 g/mol. The normalized spacial score (nSPS) is 13.3. The van der Waals surface area contributed by atoms with Crippen LogP contribution in [0.4, 0.5) is 0 Å². The number of hydrogen-bond acceptors (Lipinski definition) is 2. The van der Waals surface area contributed by atoms with Gasteiger partial charge in [-0.3, -0.25) is 0 Å². The molecule has 0 heterocycles. The van der Waals surface area contributed by atoms with Crippen molar-refractivity contribution in [1.29, 1.82) is 0 Å². The number of alkyl halides is 1. The van der Waals surface area contributed by atoms with Gasteiger partial charge in [0.05, 0.1) is 19.6 Å². The van der Waals surface area contributed by atoms with Crippen LogP contribution < -0.4 is 9.47 Å². The largest absolute Gasteiger partial charge is 0.493 e. The second-order valence-electron chi connectivity index (χ2n) is 4.93. The van der Waals surface area contributed by atoms with Crippen molar-refractivity contribution in [3.05, 3.63) is 22.2 Å². The molecule has 0 aliphatic rings. The maximum absolute atomic E-state index is 6.60. The molecule has 1 atom stereocenters. The fraction of sp³-hybridized carbons (Fsp3) is 0.571. The summed E-state index contributed by atoms with van der Waals surface area (Å²) in [6.07, 6.45) is 1.00. The highest BCUT2D eigenvalue weighted by atomic mass is 79.9. The highest BCUT2D eigenvalue weighted by Crippen LogP contribution is 2.46. The van der Waals surface area contributed by atoms with Crippen molar-refractivity contribution in [2.24, 2.45) is 5.41 Å². The van der Waals surface area contributed by atoms with Crippen LogP contribution >= 0.6 is 27.5 Å². The molecule has 4 heteroatoms. The van der Waals surface area contributed by atoms with Gasteiger partial charge in [0.1, 0.15) is 0 Å². The standard InChI is InChI=1S/C14H20BrClO2/c1-6-14(2,3)13(16)9-7-11(17-4)12(18-5)8-10(9)15/h7-8,13H,6H2,1-5H3. The lowest BCUT2D eigenvalue weighted by Gasteiger charge is -2.30. The number of halogens is 2. The van der Waals surface area contributed by atoms with Crippen molar-refractivity contribution in [3.63, 3.8) is 0 Å². The Morgan fingerprint density at radius 1 is 1.22 bits per heavy atom. The number of ether oxygens (including phenoxy) is 2. The summed E-state index contributed by atoms with van der Waals surface area (Å²) in [5, 5.41) is -0.0864. The predicted octanol–water partition coefficient (Wildman–Crippen LogP) is 5.18. The molecule has 0 radical (unpaired) electrons. The molecule has 102 valence electrons. The van der Waals surface area contributed by atoms with E-state index in [2.05, 4.69) is 36.7 Å². The van der Waals surface area contributed by atoms with Crippen LogP contribution in [0.25, 0.3) is 0 Å². The Morgan fingerprint density at radius 3 is 2.17 bits per heavy atom. The van der Waals surface area contributed by atoms with Crippen LogP contribution in [-0.4, -0.2) is 14.2 Å². The second kappa shape index (κ2) is 6.16. The summed E-state index contributed by atoms with van der Waals surface area (Å²) in [5.74, 6) is 1.40. The molecular weight excluding hydrogens is 316 g/mol. The molecule has 0 saturated heterocycles. The maximum Gasteiger partial charge on any atom is 0.161 e. The highest BCUT2D eigenvalue weighted by Gasteiger charge is 2.29. The Morgan fingerprint density at radius 2 is 1.72 bits per heavy atom. The first-order chi connectivity index (χ1) is 8.37. The lowest BCUT2D eigenvalue weighted by molar-refractivity contribution is 0.331. The van der Waals surface area contributed by atoms with Gasteiger partial charge in [-0.1, -0.05) is 36.7 Å². The predicted molar refractivity (Wildman–Crippen MR) is 79.9 cm³/mol. The summed E-state index contributed by atoms with van der Waals surface area (Å²) in [5.41, 5.74) is 1.05. The van der Waals surface area contributed by atoms with Crippen molar-refractivity contribution in [2.75, 3.05) is 14.2 Å². The zero-order valence-corrected chi connectivity index (χ0v) is 13.9. The third-order valence-electron chi connectivity index (χ3n) is 3.37. The van der Waals surface area contributed by atoms with Crippen LogP contribution in [0.15, 0.2) is 16.6 Å². The molecule has 2 nitrogen and oxygen atoms in total. The smallest absolute Gasteiger partial charge is 0.161 e. The van der Waals surface area contributed by atoms with E-state index >= 15 is 0 Å². The third-order valence-corrected chi connectivity index (χ3v) is 4.89. The van der Waals surface area contributed by atoms with E-state index in [-0.39, 0.29) is 10.8 Å². The lowest BCUT2D eigenvalue weighted by atomic mass is 9.83. The molecule has 0 aliphatic carbocycles. The van der Waals surface area contributed by atoms with Crippen LogP contribution in [0, 0.1) is 5.41 Å². The Labute approximate surface area is 123 Å². The van der Waals surface area contributed by atoms with Crippen LogP contribution in [0.3, 0.4) is 0 Å². The minimum absolute atomic E-state index is 0.0175. The van der Waals surface area contributed by atoms with E-state index in [1.54, 1.807) is 14.2 Å². The van der Waals surface area contributed by atoms with E-state index < -0.39 is 0 Å². The van der Waals surface area contributed by atoms with Crippen molar-refractivity contribution in [3.8, 4) is 11.5 Å². The molecule has 1 aromatic carbocycles. The molecule has 0 spiro atoms. The van der Waals surface area contributed by atoms with Crippen molar-refractivity contribution in [2.45, 2.75) is 32.6 Å². The SMILES string of the molecule is CCC(C)(C)C(Cl)c1cc(OC)c(OC)cc1Br. The summed E-state index contributed by atoms with van der Waals surface area (Å²) in [6, 6.07) is 3.84. The van der Waals surface area contributed by atoms with Crippen LogP contribution in [0.5, 0.6) is 11.5 Å². The van der Waals surface area contributed by atoms with Crippen molar-refractivity contribution in [1.82, 2.24) is 0 Å². The quantitative estimate of drug-likeness (QED) is 0.690. The zero-order chi connectivity index (χ0) is 13.9. The molecule has 1 rings (SSSR count). The van der Waals surface area contributed by atoms with E-state index in [9.17, 15) is 0 Å². The van der Waals surface area contributed by atoms with Gasteiger partial charge in [-0.2, -0.15) is 0 Å². The molecule has 1 unspecified atom stereocenters. The molecule has 0 bridgehead atoms. The molecule has 0 aromatic heterocycles. The minimum atomic E-state index is -0.0864. The summed E-state index contributed by atoms with van der Waals surface area (Å²) in [4.78, 5) is 0. The highest BCUT2D eigenvalue weighted by molar-refractivity contribution is 9.10. The lowest BCUT2D eigenvalue weighted by Crippen LogP contribution is -2.17. The Balaban J connectivity index is 3.25.